The van der Waals surface area contributed by atoms with Crippen LogP contribution in [-0.2, 0) is 11.4 Å². The highest BCUT2D eigenvalue weighted by Gasteiger charge is 2.24. The first-order valence-electron chi connectivity index (χ1n) is 10.0. The van der Waals surface area contributed by atoms with Crippen LogP contribution < -0.4 is 14.8 Å². The zero-order valence-electron chi connectivity index (χ0n) is 17.9. The molecule has 0 aromatic heterocycles. The molecule has 3 aromatic rings. The summed E-state index contributed by atoms with van der Waals surface area (Å²) in [6, 6.07) is 19.1. The molecule has 1 aliphatic rings. The molecule has 1 N–H and O–H groups in total. The van der Waals surface area contributed by atoms with Crippen molar-refractivity contribution in [2.75, 3.05) is 7.11 Å². The molecular formula is C25H20BrClN2O3S. The zero-order valence-corrected chi connectivity index (χ0v) is 21.1. The van der Waals surface area contributed by atoms with Crippen molar-refractivity contribution < 1.29 is 14.3 Å². The standard InChI is InChI=1S/C25H20BrClN2O3S/c1-15-8-9-18(27)13-20(15)28-25-29-24(30)22(33-25)12-17-10-19(26)23(21(11-17)31-2)32-14-16-6-4-3-5-7-16/h3-13H,14H2,1-2H3,(H,28,29,30)/b22-12-. The Morgan fingerprint density at radius 1 is 1.15 bits per heavy atom. The minimum absolute atomic E-state index is 0.210. The highest BCUT2D eigenvalue weighted by atomic mass is 79.9. The molecule has 1 fully saturated rings. The Balaban J connectivity index is 1.56. The third kappa shape index (κ3) is 5.79. The molecule has 33 heavy (non-hydrogen) atoms. The predicted molar refractivity (Wildman–Crippen MR) is 138 cm³/mol. The number of carbonyl (C=O) groups excluding carboxylic acids is 1. The molecule has 0 unspecified atom stereocenters. The average Bonchev–Trinajstić information content (AvgIpc) is 3.14. The summed E-state index contributed by atoms with van der Waals surface area (Å²) >= 11 is 10.9. The Kier molecular flexibility index (Phi) is 7.42. The fraction of sp³-hybridized carbons (Fsp3) is 0.120. The van der Waals surface area contributed by atoms with Gasteiger partial charge in [-0.25, -0.2) is 4.99 Å². The van der Waals surface area contributed by atoms with Crippen LogP contribution in [0.1, 0.15) is 16.7 Å². The number of methoxy groups -OCH3 is 1. The molecule has 3 aromatic carbocycles. The molecule has 0 bridgehead atoms. The van der Waals surface area contributed by atoms with Crippen LogP contribution in [0.15, 0.2) is 75.0 Å². The SMILES string of the molecule is COc1cc(/C=C2\SC(=Nc3cc(Cl)ccc3C)NC2=O)cc(Br)c1OCc1ccccc1. The minimum atomic E-state index is -0.210. The monoisotopic (exact) mass is 542 g/mol. The molecule has 0 radical (unpaired) electrons. The molecule has 1 aliphatic heterocycles. The number of rotatable bonds is 6. The second kappa shape index (κ2) is 10.5. The second-order valence-electron chi connectivity index (χ2n) is 7.22. The summed E-state index contributed by atoms with van der Waals surface area (Å²) in [6.07, 6.45) is 1.79. The number of nitrogens with zero attached hydrogens (tertiary/aromatic N) is 1. The van der Waals surface area contributed by atoms with Gasteiger partial charge in [0.25, 0.3) is 5.91 Å². The number of halogens is 2. The summed E-state index contributed by atoms with van der Waals surface area (Å²) in [5.41, 5.74) is 3.54. The van der Waals surface area contributed by atoms with E-state index >= 15 is 0 Å². The summed E-state index contributed by atoms with van der Waals surface area (Å²) in [6.45, 7) is 2.36. The van der Waals surface area contributed by atoms with Crippen LogP contribution in [0.2, 0.25) is 5.02 Å². The van der Waals surface area contributed by atoms with Gasteiger partial charge in [0.15, 0.2) is 16.7 Å². The first-order valence-corrected chi connectivity index (χ1v) is 12.0. The van der Waals surface area contributed by atoms with Gasteiger partial charge in [-0.05, 0) is 81.6 Å². The highest BCUT2D eigenvalue weighted by Crippen LogP contribution is 2.39. The number of benzene rings is 3. The van der Waals surface area contributed by atoms with Gasteiger partial charge in [0, 0.05) is 5.02 Å². The van der Waals surface area contributed by atoms with Gasteiger partial charge in [-0.1, -0.05) is 48.0 Å². The zero-order chi connectivity index (χ0) is 23.4. The number of amides is 1. The quantitative estimate of drug-likeness (QED) is 0.344. The van der Waals surface area contributed by atoms with Crippen LogP contribution in [0.5, 0.6) is 11.5 Å². The summed E-state index contributed by atoms with van der Waals surface area (Å²) in [7, 11) is 1.59. The van der Waals surface area contributed by atoms with Gasteiger partial charge in [0.05, 0.1) is 22.2 Å². The number of hydrogen-bond donors (Lipinski definition) is 1. The third-order valence-corrected chi connectivity index (χ3v) is 6.55. The Morgan fingerprint density at radius 3 is 2.70 bits per heavy atom. The molecule has 0 spiro atoms. The largest absolute Gasteiger partial charge is 0.493 e. The van der Waals surface area contributed by atoms with Gasteiger partial charge in [-0.2, -0.15) is 0 Å². The lowest BCUT2D eigenvalue weighted by Gasteiger charge is -2.13. The Hall–Kier alpha value is -2.74. The van der Waals surface area contributed by atoms with Gasteiger partial charge in [-0.15, -0.1) is 0 Å². The molecule has 1 amide bonds. The van der Waals surface area contributed by atoms with Crippen LogP contribution >= 0.6 is 39.3 Å². The van der Waals surface area contributed by atoms with E-state index in [0.717, 1.165) is 26.9 Å². The maximum absolute atomic E-state index is 12.5. The molecule has 5 nitrogen and oxygen atoms in total. The Morgan fingerprint density at radius 2 is 1.94 bits per heavy atom. The summed E-state index contributed by atoms with van der Waals surface area (Å²) in [5, 5.41) is 3.91. The lowest BCUT2D eigenvalue weighted by atomic mass is 10.2. The topological polar surface area (TPSA) is 59.9 Å². The van der Waals surface area contributed by atoms with E-state index < -0.39 is 0 Å². The molecule has 1 heterocycles. The van der Waals surface area contributed by atoms with Crippen molar-refractivity contribution in [3.05, 3.63) is 91.8 Å². The summed E-state index contributed by atoms with van der Waals surface area (Å²) in [5.74, 6) is 0.961. The molecule has 4 rings (SSSR count). The van der Waals surface area contributed by atoms with E-state index in [0.29, 0.717) is 33.2 Å². The molecule has 0 atom stereocenters. The van der Waals surface area contributed by atoms with Crippen molar-refractivity contribution in [2.45, 2.75) is 13.5 Å². The fourth-order valence-electron chi connectivity index (χ4n) is 3.14. The van der Waals surface area contributed by atoms with Gasteiger partial charge < -0.3 is 14.8 Å². The number of amidine groups is 1. The van der Waals surface area contributed by atoms with Crippen molar-refractivity contribution in [3.8, 4) is 11.5 Å². The highest BCUT2D eigenvalue weighted by molar-refractivity contribution is 9.10. The van der Waals surface area contributed by atoms with Crippen LogP contribution in [0.4, 0.5) is 5.69 Å². The van der Waals surface area contributed by atoms with Crippen LogP contribution in [-0.4, -0.2) is 18.2 Å². The van der Waals surface area contributed by atoms with E-state index in [1.807, 2.05) is 61.5 Å². The van der Waals surface area contributed by atoms with Crippen molar-refractivity contribution >= 4 is 62.1 Å². The molecule has 8 heteroatoms. The maximum atomic E-state index is 12.5. The van der Waals surface area contributed by atoms with E-state index in [-0.39, 0.29) is 5.91 Å². The first kappa shape index (κ1) is 23.4. The first-order chi connectivity index (χ1) is 15.9. The summed E-state index contributed by atoms with van der Waals surface area (Å²) in [4.78, 5) is 17.6. The molecular weight excluding hydrogens is 524 g/mol. The van der Waals surface area contributed by atoms with E-state index in [2.05, 4.69) is 26.2 Å². The van der Waals surface area contributed by atoms with Crippen molar-refractivity contribution in [1.29, 1.82) is 0 Å². The average molecular weight is 544 g/mol. The predicted octanol–water partition coefficient (Wildman–Crippen LogP) is 6.89. The molecule has 168 valence electrons. The number of thioether (sulfide) groups is 1. The van der Waals surface area contributed by atoms with Crippen molar-refractivity contribution in [1.82, 2.24) is 5.32 Å². The fourth-order valence-corrected chi connectivity index (χ4v) is 4.71. The number of carbonyl (C=O) groups is 1. The van der Waals surface area contributed by atoms with Gasteiger partial charge in [-0.3, -0.25) is 4.79 Å². The van der Waals surface area contributed by atoms with Gasteiger partial charge in [0.1, 0.15) is 6.61 Å². The normalized spacial score (nSPS) is 15.7. The second-order valence-corrected chi connectivity index (χ2v) is 9.54. The van der Waals surface area contributed by atoms with E-state index in [1.165, 1.54) is 11.8 Å². The number of nitrogens with one attached hydrogen (secondary N) is 1. The van der Waals surface area contributed by atoms with Crippen LogP contribution in [0.3, 0.4) is 0 Å². The van der Waals surface area contributed by atoms with Crippen LogP contribution in [0.25, 0.3) is 6.08 Å². The van der Waals surface area contributed by atoms with E-state index in [1.54, 1.807) is 19.3 Å². The van der Waals surface area contributed by atoms with Crippen LogP contribution in [0, 0.1) is 6.92 Å². The van der Waals surface area contributed by atoms with Crippen molar-refractivity contribution in [2.24, 2.45) is 4.99 Å². The maximum Gasteiger partial charge on any atom is 0.264 e. The molecule has 0 saturated carbocycles. The minimum Gasteiger partial charge on any atom is -0.493 e. The Bertz CT molecular complexity index is 1260. The molecule has 1 saturated heterocycles. The number of ether oxygens (including phenoxy) is 2. The number of hydrogen-bond acceptors (Lipinski definition) is 5. The van der Waals surface area contributed by atoms with E-state index in [9.17, 15) is 4.79 Å². The molecule has 0 aliphatic carbocycles. The number of aryl methyl sites for hydroxylation is 1. The van der Waals surface area contributed by atoms with Gasteiger partial charge in [0.2, 0.25) is 0 Å². The Labute approximate surface area is 210 Å². The summed E-state index contributed by atoms with van der Waals surface area (Å²) < 4.78 is 12.3. The van der Waals surface area contributed by atoms with Gasteiger partial charge >= 0.3 is 0 Å². The van der Waals surface area contributed by atoms with E-state index in [4.69, 9.17) is 21.1 Å². The van der Waals surface area contributed by atoms with Crippen molar-refractivity contribution in [3.63, 3.8) is 0 Å². The lowest BCUT2D eigenvalue weighted by Crippen LogP contribution is -2.19. The smallest absolute Gasteiger partial charge is 0.264 e. The third-order valence-electron chi connectivity index (χ3n) is 4.82. The lowest BCUT2D eigenvalue weighted by molar-refractivity contribution is -0.115. The number of aliphatic imine (C=N–C) groups is 1.